The standard InChI is InChI=1S/C32H33F3N6O4/c1-3-40-12-14-41(15-13-40)22-7-6-21(17(2)27(22)32(33,34)35)37-31(43)39-28-26-20-16-18(4-8-23(20)45-29(26)28)44-24-10-11-36-30-19(24)5-9-25(42)38-30/h4,6-8,10-11,16,26,28-29H,3,5,9,12-15H2,1-2H3,(H,36,38,42)(H2,37,39,43)/t26-,28-,29-/m0/s1. The molecule has 2 fully saturated rings. The van der Waals surface area contributed by atoms with Crippen LogP contribution in [0.2, 0.25) is 0 Å². The summed E-state index contributed by atoms with van der Waals surface area (Å²) in [4.78, 5) is 33.0. The van der Waals surface area contributed by atoms with Gasteiger partial charge in [-0.15, -0.1) is 0 Å². The summed E-state index contributed by atoms with van der Waals surface area (Å²) in [7, 11) is 0. The molecule has 1 aliphatic carbocycles. The molecule has 4 heterocycles. The molecule has 45 heavy (non-hydrogen) atoms. The minimum atomic E-state index is -4.58. The van der Waals surface area contributed by atoms with Gasteiger partial charge in [0.1, 0.15) is 29.2 Å². The Morgan fingerprint density at radius 3 is 2.69 bits per heavy atom. The van der Waals surface area contributed by atoms with Crippen molar-refractivity contribution >= 4 is 29.1 Å². The Bertz CT molecular complexity index is 1670. The molecule has 0 radical (unpaired) electrons. The maximum absolute atomic E-state index is 14.3. The number of ether oxygens (including phenoxy) is 2. The van der Waals surface area contributed by atoms with Crippen LogP contribution in [0.3, 0.4) is 0 Å². The van der Waals surface area contributed by atoms with Gasteiger partial charge in [0.2, 0.25) is 5.91 Å². The predicted octanol–water partition coefficient (Wildman–Crippen LogP) is 5.28. The highest BCUT2D eigenvalue weighted by Crippen LogP contribution is 2.54. The number of carbonyl (C=O) groups is 2. The average Bonchev–Trinajstić information content (AvgIpc) is 3.52. The van der Waals surface area contributed by atoms with Gasteiger partial charge in [-0.25, -0.2) is 9.78 Å². The third-order valence-electron chi connectivity index (χ3n) is 9.09. The van der Waals surface area contributed by atoms with Crippen LogP contribution in [0.4, 0.5) is 35.2 Å². The lowest BCUT2D eigenvalue weighted by molar-refractivity contribution is -0.137. The zero-order valence-electron chi connectivity index (χ0n) is 24.8. The SMILES string of the molecule is CCN1CCN(c2ccc(NC(=O)N[C@@H]3[C@H]4Oc5ccc(Oc6ccnc7c6CCC(=O)N7)cc5[C@@H]34)c(C)c2C(F)(F)F)CC1. The van der Waals surface area contributed by atoms with Crippen molar-refractivity contribution in [1.29, 1.82) is 0 Å². The molecular formula is C32H33F3N6O4. The Kier molecular flexibility index (Phi) is 7.22. The second kappa shape index (κ2) is 11.1. The average molecular weight is 623 g/mol. The van der Waals surface area contributed by atoms with Crippen LogP contribution in [0.25, 0.3) is 0 Å². The maximum Gasteiger partial charge on any atom is 0.418 e. The van der Waals surface area contributed by atoms with Crippen LogP contribution >= 0.6 is 0 Å². The van der Waals surface area contributed by atoms with Gasteiger partial charge in [-0.05, 0) is 61.9 Å². The molecule has 7 rings (SSSR count). The van der Waals surface area contributed by atoms with Crippen LogP contribution in [-0.2, 0) is 17.4 Å². The van der Waals surface area contributed by atoms with E-state index in [0.29, 0.717) is 62.1 Å². The summed E-state index contributed by atoms with van der Waals surface area (Å²) in [5.74, 6) is 2.16. The van der Waals surface area contributed by atoms with Crippen LogP contribution in [0.15, 0.2) is 42.6 Å². The summed E-state index contributed by atoms with van der Waals surface area (Å²) < 4.78 is 55.1. The van der Waals surface area contributed by atoms with Gasteiger partial charge >= 0.3 is 12.2 Å². The Hall–Kier alpha value is -4.52. The van der Waals surface area contributed by atoms with E-state index < -0.39 is 17.8 Å². The minimum Gasteiger partial charge on any atom is -0.487 e. The fourth-order valence-corrected chi connectivity index (χ4v) is 6.63. The summed E-state index contributed by atoms with van der Waals surface area (Å²) in [5.41, 5.74) is 1.20. The summed E-state index contributed by atoms with van der Waals surface area (Å²) in [6.07, 6.45) is -2.41. The molecule has 10 nitrogen and oxygen atoms in total. The second-order valence-corrected chi connectivity index (χ2v) is 11.8. The zero-order chi connectivity index (χ0) is 31.5. The van der Waals surface area contributed by atoms with Crippen LogP contribution in [0.1, 0.15) is 41.5 Å². The van der Waals surface area contributed by atoms with Gasteiger partial charge in [0.25, 0.3) is 0 Å². The van der Waals surface area contributed by atoms with E-state index in [1.54, 1.807) is 23.2 Å². The second-order valence-electron chi connectivity index (χ2n) is 11.8. The van der Waals surface area contributed by atoms with Crippen molar-refractivity contribution in [3.63, 3.8) is 0 Å². The van der Waals surface area contributed by atoms with Gasteiger partial charge in [0.15, 0.2) is 0 Å². The van der Waals surface area contributed by atoms with Crippen molar-refractivity contribution in [1.82, 2.24) is 15.2 Å². The molecule has 0 bridgehead atoms. The molecule has 13 heteroatoms. The molecule has 3 atom stereocenters. The number of fused-ring (bicyclic) bond motifs is 4. The third-order valence-corrected chi connectivity index (χ3v) is 9.09. The van der Waals surface area contributed by atoms with Gasteiger partial charge < -0.3 is 35.2 Å². The van der Waals surface area contributed by atoms with Crippen molar-refractivity contribution in [2.24, 2.45) is 0 Å². The molecule has 0 spiro atoms. The van der Waals surface area contributed by atoms with Gasteiger partial charge in [0.05, 0.1) is 17.5 Å². The van der Waals surface area contributed by atoms with Crippen molar-refractivity contribution in [2.45, 2.75) is 50.9 Å². The quantitative estimate of drug-likeness (QED) is 0.344. The molecule has 1 aromatic heterocycles. The van der Waals surface area contributed by atoms with Crippen LogP contribution in [0.5, 0.6) is 17.2 Å². The first-order chi connectivity index (χ1) is 21.6. The number of alkyl halides is 3. The van der Waals surface area contributed by atoms with E-state index >= 15 is 0 Å². The number of urea groups is 1. The molecule has 236 valence electrons. The van der Waals surface area contributed by atoms with E-state index in [2.05, 4.69) is 25.8 Å². The van der Waals surface area contributed by atoms with Gasteiger partial charge in [-0.2, -0.15) is 13.2 Å². The molecule has 1 saturated carbocycles. The largest absolute Gasteiger partial charge is 0.487 e. The number of benzene rings is 2. The lowest BCUT2D eigenvalue weighted by atomic mass is 10.0. The van der Waals surface area contributed by atoms with E-state index in [0.717, 1.165) is 17.7 Å². The Labute approximate surface area is 257 Å². The fraction of sp³-hybridized carbons (Fsp3) is 0.406. The molecule has 3 aliphatic heterocycles. The van der Waals surface area contributed by atoms with Crippen LogP contribution in [-0.4, -0.2) is 66.7 Å². The van der Waals surface area contributed by atoms with Crippen LogP contribution < -0.4 is 30.3 Å². The van der Waals surface area contributed by atoms with Crippen molar-refractivity contribution in [3.8, 4) is 17.2 Å². The number of likely N-dealkylation sites (N-methyl/N-ethyl adjacent to an activating group) is 1. The zero-order valence-corrected chi connectivity index (χ0v) is 24.8. The van der Waals surface area contributed by atoms with Gasteiger partial charge in [-0.3, -0.25) is 4.79 Å². The summed E-state index contributed by atoms with van der Waals surface area (Å²) in [5, 5.41) is 8.27. The molecule has 3 aromatic rings. The van der Waals surface area contributed by atoms with Gasteiger partial charge in [0, 0.05) is 61.3 Å². The summed E-state index contributed by atoms with van der Waals surface area (Å²) in [6, 6.07) is 9.28. The number of anilines is 3. The topological polar surface area (TPSA) is 108 Å². The number of hydrogen-bond acceptors (Lipinski definition) is 7. The normalized spacial score (nSPS) is 22.0. The predicted molar refractivity (Wildman–Crippen MR) is 161 cm³/mol. The van der Waals surface area contributed by atoms with Crippen LogP contribution in [0, 0.1) is 6.92 Å². The molecule has 0 unspecified atom stereocenters. The first kappa shape index (κ1) is 29.2. The third kappa shape index (κ3) is 5.49. The smallest absolute Gasteiger partial charge is 0.418 e. The fourth-order valence-electron chi connectivity index (χ4n) is 6.63. The van der Waals surface area contributed by atoms with E-state index in [1.807, 2.05) is 19.1 Å². The first-order valence-electron chi connectivity index (χ1n) is 15.1. The van der Waals surface area contributed by atoms with E-state index in [4.69, 9.17) is 9.47 Å². The lowest BCUT2D eigenvalue weighted by Crippen LogP contribution is -2.46. The number of pyridine rings is 1. The van der Waals surface area contributed by atoms with Crippen molar-refractivity contribution < 1.29 is 32.2 Å². The number of aromatic nitrogens is 1. The molecule has 2 aromatic carbocycles. The number of piperazine rings is 1. The minimum absolute atomic E-state index is 0.0229. The van der Waals surface area contributed by atoms with Crippen molar-refractivity contribution in [2.75, 3.05) is 48.3 Å². The Morgan fingerprint density at radius 2 is 1.93 bits per heavy atom. The number of nitrogens with zero attached hydrogens (tertiary/aromatic N) is 3. The number of halogens is 3. The number of carbonyl (C=O) groups excluding carboxylic acids is 2. The number of amides is 3. The van der Waals surface area contributed by atoms with E-state index in [-0.39, 0.29) is 40.9 Å². The van der Waals surface area contributed by atoms with E-state index in [9.17, 15) is 22.8 Å². The summed E-state index contributed by atoms with van der Waals surface area (Å²) in [6.45, 7) is 6.70. The monoisotopic (exact) mass is 622 g/mol. The molecule has 3 amide bonds. The Balaban J connectivity index is 1.03. The van der Waals surface area contributed by atoms with Crippen molar-refractivity contribution in [3.05, 3.63) is 64.8 Å². The molecule has 4 aliphatic rings. The number of rotatable bonds is 6. The number of nitrogens with one attached hydrogen (secondary N) is 3. The maximum atomic E-state index is 14.3. The highest BCUT2D eigenvalue weighted by Gasteiger charge is 2.60. The first-order valence-corrected chi connectivity index (χ1v) is 15.1. The highest BCUT2D eigenvalue weighted by atomic mass is 19.4. The summed E-state index contributed by atoms with van der Waals surface area (Å²) >= 11 is 0. The Morgan fingerprint density at radius 1 is 1.13 bits per heavy atom. The molecular weight excluding hydrogens is 589 g/mol. The highest BCUT2D eigenvalue weighted by molar-refractivity contribution is 5.93. The molecule has 1 saturated heterocycles. The van der Waals surface area contributed by atoms with E-state index in [1.165, 1.54) is 19.1 Å². The lowest BCUT2D eigenvalue weighted by Gasteiger charge is -2.37. The number of hydrogen-bond donors (Lipinski definition) is 3. The molecule has 3 N–H and O–H groups in total. The van der Waals surface area contributed by atoms with Gasteiger partial charge in [-0.1, -0.05) is 6.92 Å².